The van der Waals surface area contributed by atoms with Crippen molar-refractivity contribution in [3.8, 4) is 6.07 Å². The van der Waals surface area contributed by atoms with Crippen LogP contribution in [0.3, 0.4) is 0 Å². The fourth-order valence-electron chi connectivity index (χ4n) is 1.58. The number of nitriles is 1. The van der Waals surface area contributed by atoms with E-state index in [-0.39, 0.29) is 0 Å². The Morgan fingerprint density at radius 1 is 1.35 bits per heavy atom. The highest BCUT2D eigenvalue weighted by Gasteiger charge is 2.01. The van der Waals surface area contributed by atoms with Crippen LogP contribution in [-0.2, 0) is 6.54 Å². The zero-order valence-corrected chi connectivity index (χ0v) is 9.67. The lowest BCUT2D eigenvalue weighted by atomic mass is 10.1. The van der Waals surface area contributed by atoms with Gasteiger partial charge in [0.1, 0.15) is 0 Å². The summed E-state index contributed by atoms with van der Waals surface area (Å²) in [5.41, 5.74) is 2.36. The molecule has 0 unspecified atom stereocenters. The van der Waals surface area contributed by atoms with Crippen molar-refractivity contribution in [2.24, 2.45) is 0 Å². The van der Waals surface area contributed by atoms with Crippen LogP contribution in [0.2, 0.25) is 0 Å². The van der Waals surface area contributed by atoms with Crippen molar-refractivity contribution in [2.45, 2.75) is 13.5 Å². The van der Waals surface area contributed by atoms with Gasteiger partial charge in [-0.05, 0) is 24.6 Å². The van der Waals surface area contributed by atoms with E-state index in [9.17, 15) is 0 Å². The number of rotatable bonds is 3. The van der Waals surface area contributed by atoms with E-state index in [1.54, 1.807) is 0 Å². The lowest BCUT2D eigenvalue weighted by molar-refractivity contribution is 0.658. The van der Waals surface area contributed by atoms with Crippen LogP contribution in [0, 0.1) is 11.3 Å². The van der Waals surface area contributed by atoms with E-state index in [0.29, 0.717) is 5.57 Å². The van der Waals surface area contributed by atoms with Crippen molar-refractivity contribution in [3.05, 3.63) is 53.9 Å². The van der Waals surface area contributed by atoms with Gasteiger partial charge < -0.3 is 0 Å². The molecule has 0 atom stereocenters. The lowest BCUT2D eigenvalue weighted by Crippen LogP contribution is -1.93. The first kappa shape index (κ1) is 11.2. The second-order valence-corrected chi connectivity index (χ2v) is 3.63. The zero-order chi connectivity index (χ0) is 12.1. The largest absolute Gasteiger partial charge is 0.272 e. The third-order valence-corrected chi connectivity index (χ3v) is 2.48. The molecule has 0 spiro atoms. The third-order valence-electron chi connectivity index (χ3n) is 2.48. The van der Waals surface area contributed by atoms with Gasteiger partial charge in [-0.15, -0.1) is 0 Å². The molecule has 0 aliphatic rings. The summed E-state index contributed by atoms with van der Waals surface area (Å²) in [6.07, 6.45) is 3.72. The van der Waals surface area contributed by atoms with Crippen LogP contribution < -0.4 is 0 Å². The normalized spacial score (nSPS) is 11.2. The van der Waals surface area contributed by atoms with E-state index in [1.165, 1.54) is 0 Å². The molecule has 84 valence electrons. The second kappa shape index (κ2) is 5.13. The van der Waals surface area contributed by atoms with Crippen molar-refractivity contribution < 1.29 is 0 Å². The van der Waals surface area contributed by atoms with Crippen molar-refractivity contribution in [3.63, 3.8) is 0 Å². The lowest BCUT2D eigenvalue weighted by Gasteiger charge is -1.97. The number of hydrogen-bond acceptors (Lipinski definition) is 2. The highest BCUT2D eigenvalue weighted by atomic mass is 15.3. The Morgan fingerprint density at radius 3 is 2.71 bits per heavy atom. The summed E-state index contributed by atoms with van der Waals surface area (Å²) in [7, 11) is 0. The Morgan fingerprint density at radius 2 is 2.12 bits per heavy atom. The molecule has 2 aromatic rings. The Labute approximate surface area is 101 Å². The molecule has 0 saturated heterocycles. The topological polar surface area (TPSA) is 41.6 Å². The number of hydrogen-bond donors (Lipinski definition) is 0. The van der Waals surface area contributed by atoms with Gasteiger partial charge in [-0.25, -0.2) is 0 Å². The van der Waals surface area contributed by atoms with Crippen LogP contribution in [0.4, 0.5) is 0 Å². The molecule has 3 nitrogen and oxygen atoms in total. The second-order valence-electron chi connectivity index (χ2n) is 3.63. The van der Waals surface area contributed by atoms with E-state index in [1.807, 2.05) is 60.3 Å². The van der Waals surface area contributed by atoms with Gasteiger partial charge in [-0.1, -0.05) is 30.3 Å². The summed E-state index contributed by atoms with van der Waals surface area (Å²) in [6.45, 7) is 2.87. The molecule has 1 aromatic carbocycles. The Kier molecular flexibility index (Phi) is 3.37. The van der Waals surface area contributed by atoms with E-state index in [4.69, 9.17) is 5.26 Å². The highest BCUT2D eigenvalue weighted by Crippen LogP contribution is 2.16. The summed E-state index contributed by atoms with van der Waals surface area (Å²) in [4.78, 5) is 0. The van der Waals surface area contributed by atoms with Gasteiger partial charge in [0.2, 0.25) is 0 Å². The standard InChI is InChI=1S/C14H13N3/c1-2-17-9-8-14(16-17)10-13(11-15)12-6-4-3-5-7-12/h3-10H,2H2,1H3. The molecule has 3 heteroatoms. The third kappa shape index (κ3) is 2.61. The fourth-order valence-corrected chi connectivity index (χ4v) is 1.58. The molecule has 1 aromatic heterocycles. The summed E-state index contributed by atoms with van der Waals surface area (Å²) < 4.78 is 1.84. The number of nitrogens with zero attached hydrogens (tertiary/aromatic N) is 3. The van der Waals surface area contributed by atoms with E-state index >= 15 is 0 Å². The first-order valence-electron chi connectivity index (χ1n) is 5.54. The van der Waals surface area contributed by atoms with Gasteiger partial charge in [0.25, 0.3) is 0 Å². The van der Waals surface area contributed by atoms with Gasteiger partial charge in [-0.2, -0.15) is 10.4 Å². The minimum atomic E-state index is 0.631. The molecule has 0 amide bonds. The molecule has 17 heavy (non-hydrogen) atoms. The van der Waals surface area contributed by atoms with Gasteiger partial charge in [0.05, 0.1) is 17.3 Å². The zero-order valence-electron chi connectivity index (χ0n) is 9.67. The van der Waals surface area contributed by atoms with Crippen LogP contribution in [0.5, 0.6) is 0 Å². The molecule has 0 bridgehead atoms. The molecule has 0 aliphatic heterocycles. The average molecular weight is 223 g/mol. The molecule has 0 fully saturated rings. The van der Waals surface area contributed by atoms with Crippen LogP contribution in [-0.4, -0.2) is 9.78 Å². The Balaban J connectivity index is 2.34. The monoisotopic (exact) mass is 223 g/mol. The minimum Gasteiger partial charge on any atom is -0.272 e. The molecular weight excluding hydrogens is 210 g/mol. The van der Waals surface area contributed by atoms with Gasteiger partial charge in [-0.3, -0.25) is 4.68 Å². The van der Waals surface area contributed by atoms with Crippen LogP contribution in [0.1, 0.15) is 18.2 Å². The Bertz CT molecular complexity index is 559. The molecule has 2 rings (SSSR count). The predicted octanol–water partition coefficient (Wildman–Crippen LogP) is 2.97. The molecular formula is C14H13N3. The van der Waals surface area contributed by atoms with Crippen molar-refractivity contribution in [2.75, 3.05) is 0 Å². The van der Waals surface area contributed by atoms with E-state index < -0.39 is 0 Å². The predicted molar refractivity (Wildman–Crippen MR) is 67.8 cm³/mol. The summed E-state index contributed by atoms with van der Waals surface area (Å²) in [6, 6.07) is 13.7. The maximum atomic E-state index is 9.15. The highest BCUT2D eigenvalue weighted by molar-refractivity contribution is 5.88. The fraction of sp³-hybridized carbons (Fsp3) is 0.143. The van der Waals surface area contributed by atoms with E-state index in [2.05, 4.69) is 11.2 Å². The quantitative estimate of drug-likeness (QED) is 0.751. The van der Waals surface area contributed by atoms with Crippen LogP contribution in [0.15, 0.2) is 42.6 Å². The molecule has 1 heterocycles. The van der Waals surface area contributed by atoms with Crippen LogP contribution >= 0.6 is 0 Å². The summed E-state index contributed by atoms with van der Waals surface area (Å²) in [5.74, 6) is 0. The van der Waals surface area contributed by atoms with E-state index in [0.717, 1.165) is 17.8 Å². The SMILES string of the molecule is CCn1ccc(C=C(C#N)c2ccccc2)n1. The van der Waals surface area contributed by atoms with Gasteiger partial charge in [0.15, 0.2) is 0 Å². The van der Waals surface area contributed by atoms with Crippen molar-refractivity contribution in [1.29, 1.82) is 5.26 Å². The molecule has 0 radical (unpaired) electrons. The minimum absolute atomic E-state index is 0.631. The van der Waals surface area contributed by atoms with Gasteiger partial charge >= 0.3 is 0 Å². The number of aromatic nitrogens is 2. The van der Waals surface area contributed by atoms with Crippen molar-refractivity contribution >= 4 is 11.6 Å². The van der Waals surface area contributed by atoms with Crippen LogP contribution in [0.25, 0.3) is 11.6 Å². The first-order valence-corrected chi connectivity index (χ1v) is 5.54. The maximum absolute atomic E-state index is 9.15. The Hall–Kier alpha value is -2.34. The molecule has 0 saturated carbocycles. The number of benzene rings is 1. The summed E-state index contributed by atoms with van der Waals surface area (Å²) >= 11 is 0. The van der Waals surface area contributed by atoms with Crippen molar-refractivity contribution in [1.82, 2.24) is 9.78 Å². The molecule has 0 N–H and O–H groups in total. The smallest absolute Gasteiger partial charge is 0.0998 e. The summed E-state index contributed by atoms with van der Waals surface area (Å²) in [5, 5.41) is 13.5. The maximum Gasteiger partial charge on any atom is 0.0998 e. The molecule has 0 aliphatic carbocycles. The first-order chi connectivity index (χ1) is 8.33. The average Bonchev–Trinajstić information content (AvgIpc) is 2.84. The number of allylic oxidation sites excluding steroid dienone is 1. The number of aryl methyl sites for hydroxylation is 1. The van der Waals surface area contributed by atoms with Gasteiger partial charge in [0, 0.05) is 12.7 Å².